The van der Waals surface area contributed by atoms with Crippen LogP contribution in [0, 0.1) is 13.8 Å². The number of aromatic nitrogens is 2. The molecule has 1 unspecified atom stereocenters. The third-order valence-electron chi connectivity index (χ3n) is 5.79. The molecule has 1 fully saturated rings. The number of amides is 1. The minimum atomic E-state index is -0.342. The van der Waals surface area contributed by atoms with Gasteiger partial charge in [0.05, 0.1) is 5.39 Å². The van der Waals surface area contributed by atoms with Gasteiger partial charge < -0.3 is 15.0 Å². The fraction of sp³-hybridized carbons (Fsp3) is 0.435. The zero-order valence-corrected chi connectivity index (χ0v) is 19.1. The van der Waals surface area contributed by atoms with Crippen LogP contribution in [0.1, 0.15) is 17.4 Å². The first-order valence-electron chi connectivity index (χ1n) is 10.7. The van der Waals surface area contributed by atoms with Gasteiger partial charge >= 0.3 is 0 Å². The maximum atomic E-state index is 13.0. The summed E-state index contributed by atoms with van der Waals surface area (Å²) in [6, 6.07) is 9.52. The molecule has 1 aromatic carbocycles. The first kappa shape index (κ1) is 21.5. The molecule has 1 atom stereocenters. The van der Waals surface area contributed by atoms with E-state index in [4.69, 9.17) is 4.74 Å². The van der Waals surface area contributed by atoms with E-state index in [-0.39, 0.29) is 11.9 Å². The number of hydrogen-bond donors (Lipinski definition) is 1. The minimum Gasteiger partial charge on any atom is -0.492 e. The number of nitrogens with zero attached hydrogens (tertiary/aromatic N) is 4. The fourth-order valence-electron chi connectivity index (χ4n) is 3.83. The molecule has 7 nitrogen and oxygen atoms in total. The highest BCUT2D eigenvalue weighted by molar-refractivity contribution is 7.18. The Morgan fingerprint density at radius 1 is 1.16 bits per heavy atom. The molecular formula is C23H29N5O2S. The van der Waals surface area contributed by atoms with Crippen molar-refractivity contribution in [2.24, 2.45) is 0 Å². The quantitative estimate of drug-likeness (QED) is 0.609. The van der Waals surface area contributed by atoms with Crippen LogP contribution in [0.25, 0.3) is 10.2 Å². The van der Waals surface area contributed by atoms with Gasteiger partial charge in [0.15, 0.2) is 0 Å². The Labute approximate surface area is 187 Å². The van der Waals surface area contributed by atoms with Crippen molar-refractivity contribution >= 4 is 33.3 Å². The molecule has 0 radical (unpaired) electrons. The third-order valence-corrected chi connectivity index (χ3v) is 6.91. The maximum Gasteiger partial charge on any atom is 0.244 e. The van der Waals surface area contributed by atoms with E-state index in [0.29, 0.717) is 6.61 Å². The van der Waals surface area contributed by atoms with Crippen LogP contribution in [-0.4, -0.2) is 71.0 Å². The molecule has 1 aliphatic rings. The molecule has 1 aliphatic heterocycles. The zero-order chi connectivity index (χ0) is 21.8. The molecule has 0 aliphatic carbocycles. The second-order valence-corrected chi connectivity index (χ2v) is 9.08. The number of aryl methyl sites for hydroxylation is 2. The van der Waals surface area contributed by atoms with Gasteiger partial charge in [0.25, 0.3) is 0 Å². The molecule has 31 heavy (non-hydrogen) atoms. The molecule has 4 rings (SSSR count). The Morgan fingerprint density at radius 2 is 1.90 bits per heavy atom. The maximum absolute atomic E-state index is 13.0. The van der Waals surface area contributed by atoms with Crippen molar-refractivity contribution in [1.82, 2.24) is 19.8 Å². The second kappa shape index (κ2) is 9.62. The third kappa shape index (κ3) is 4.97. The van der Waals surface area contributed by atoms with Crippen molar-refractivity contribution in [3.63, 3.8) is 0 Å². The number of fused-ring (bicyclic) bond motifs is 1. The highest BCUT2D eigenvalue weighted by atomic mass is 32.1. The van der Waals surface area contributed by atoms with Crippen LogP contribution in [-0.2, 0) is 4.79 Å². The number of anilines is 1. The average Bonchev–Trinajstić information content (AvgIpc) is 3.09. The van der Waals surface area contributed by atoms with Gasteiger partial charge in [-0.1, -0.05) is 18.2 Å². The monoisotopic (exact) mass is 439 g/mol. The van der Waals surface area contributed by atoms with Crippen molar-refractivity contribution in [2.75, 3.05) is 44.6 Å². The Kier molecular flexibility index (Phi) is 6.67. The van der Waals surface area contributed by atoms with E-state index in [1.807, 2.05) is 42.2 Å². The molecule has 1 saturated heterocycles. The van der Waals surface area contributed by atoms with E-state index in [2.05, 4.69) is 34.0 Å². The van der Waals surface area contributed by atoms with Crippen molar-refractivity contribution in [3.8, 4) is 5.75 Å². The van der Waals surface area contributed by atoms with E-state index in [1.165, 1.54) is 10.4 Å². The van der Waals surface area contributed by atoms with E-state index in [1.54, 1.807) is 17.7 Å². The van der Waals surface area contributed by atoms with Crippen molar-refractivity contribution in [1.29, 1.82) is 0 Å². The molecule has 164 valence electrons. The number of nitrogens with one attached hydrogen (secondary N) is 1. The van der Waals surface area contributed by atoms with Crippen LogP contribution in [0.3, 0.4) is 0 Å². The van der Waals surface area contributed by atoms with Crippen molar-refractivity contribution in [2.45, 2.75) is 26.8 Å². The SMILES string of the molecule is Cc1sc2ncnc(NC(C)C(=O)N3CCN(CCOc4ccccc4)CC3)c2c1C. The lowest BCUT2D eigenvalue weighted by Gasteiger charge is -2.36. The molecule has 2 aromatic heterocycles. The summed E-state index contributed by atoms with van der Waals surface area (Å²) in [5.74, 6) is 1.74. The van der Waals surface area contributed by atoms with Crippen molar-refractivity contribution in [3.05, 3.63) is 47.1 Å². The summed E-state index contributed by atoms with van der Waals surface area (Å²) < 4.78 is 5.79. The highest BCUT2D eigenvalue weighted by Crippen LogP contribution is 2.32. The summed E-state index contributed by atoms with van der Waals surface area (Å²) in [5, 5.41) is 4.35. The van der Waals surface area contributed by atoms with Gasteiger partial charge in [-0.25, -0.2) is 9.97 Å². The number of benzene rings is 1. The predicted molar refractivity (Wildman–Crippen MR) is 125 cm³/mol. The van der Waals surface area contributed by atoms with Crippen LogP contribution in [0.2, 0.25) is 0 Å². The number of hydrogen-bond acceptors (Lipinski definition) is 7. The van der Waals surface area contributed by atoms with Crippen LogP contribution in [0.5, 0.6) is 5.75 Å². The number of thiophene rings is 1. The lowest BCUT2D eigenvalue weighted by atomic mass is 10.2. The molecule has 0 spiro atoms. The zero-order valence-electron chi connectivity index (χ0n) is 18.3. The number of carbonyl (C=O) groups is 1. The smallest absolute Gasteiger partial charge is 0.244 e. The van der Waals surface area contributed by atoms with Gasteiger partial charge in [0.2, 0.25) is 5.91 Å². The summed E-state index contributed by atoms with van der Waals surface area (Å²) in [4.78, 5) is 28.3. The van der Waals surface area contributed by atoms with Gasteiger partial charge in [0.1, 0.15) is 35.4 Å². The van der Waals surface area contributed by atoms with E-state index in [9.17, 15) is 4.79 Å². The molecule has 1 amide bonds. The van der Waals surface area contributed by atoms with Gasteiger partial charge in [-0.2, -0.15) is 0 Å². The van der Waals surface area contributed by atoms with Gasteiger partial charge in [-0.15, -0.1) is 11.3 Å². The fourth-order valence-corrected chi connectivity index (χ4v) is 4.83. The second-order valence-electron chi connectivity index (χ2n) is 7.88. The van der Waals surface area contributed by atoms with Gasteiger partial charge in [0, 0.05) is 37.6 Å². The van der Waals surface area contributed by atoms with E-state index < -0.39 is 0 Å². The van der Waals surface area contributed by atoms with Crippen molar-refractivity contribution < 1.29 is 9.53 Å². The van der Waals surface area contributed by atoms with Gasteiger partial charge in [-0.05, 0) is 38.5 Å². The predicted octanol–water partition coefficient (Wildman–Crippen LogP) is 3.33. The number of piperazine rings is 1. The van der Waals surface area contributed by atoms with E-state index in [0.717, 1.165) is 54.5 Å². The molecule has 0 saturated carbocycles. The minimum absolute atomic E-state index is 0.108. The number of para-hydroxylation sites is 1. The Morgan fingerprint density at radius 3 is 2.65 bits per heavy atom. The molecule has 3 aromatic rings. The van der Waals surface area contributed by atoms with Crippen LogP contribution in [0.4, 0.5) is 5.82 Å². The molecule has 1 N–H and O–H groups in total. The van der Waals surface area contributed by atoms with E-state index >= 15 is 0 Å². The number of carbonyl (C=O) groups excluding carboxylic acids is 1. The Hall–Kier alpha value is -2.71. The molecular weight excluding hydrogens is 410 g/mol. The van der Waals surface area contributed by atoms with Crippen LogP contribution >= 0.6 is 11.3 Å². The molecule has 3 heterocycles. The Balaban J connectivity index is 1.28. The highest BCUT2D eigenvalue weighted by Gasteiger charge is 2.26. The average molecular weight is 440 g/mol. The normalized spacial score (nSPS) is 15.8. The number of rotatable bonds is 7. The Bertz CT molecular complexity index is 1030. The molecule has 8 heteroatoms. The summed E-state index contributed by atoms with van der Waals surface area (Å²) in [5.41, 5.74) is 1.18. The standard InChI is InChI=1S/C23H29N5O2S/c1-16-18(3)31-22-20(16)21(24-15-25-22)26-17(2)23(29)28-11-9-27(10-12-28)13-14-30-19-7-5-4-6-8-19/h4-8,15,17H,9-14H2,1-3H3,(H,24,25,26). The topological polar surface area (TPSA) is 70.6 Å². The summed E-state index contributed by atoms with van der Waals surface area (Å²) in [6.45, 7) is 10.8. The summed E-state index contributed by atoms with van der Waals surface area (Å²) >= 11 is 1.66. The first-order chi connectivity index (χ1) is 15.0. The lowest BCUT2D eigenvalue weighted by molar-refractivity contribution is -0.133. The summed E-state index contributed by atoms with van der Waals surface area (Å²) in [7, 11) is 0. The number of ether oxygens (including phenoxy) is 1. The van der Waals surface area contributed by atoms with Crippen LogP contribution in [0.15, 0.2) is 36.7 Å². The van der Waals surface area contributed by atoms with Crippen LogP contribution < -0.4 is 10.1 Å². The largest absolute Gasteiger partial charge is 0.492 e. The molecule has 0 bridgehead atoms. The summed E-state index contributed by atoms with van der Waals surface area (Å²) in [6.07, 6.45) is 1.56. The lowest BCUT2D eigenvalue weighted by Crippen LogP contribution is -2.52. The van der Waals surface area contributed by atoms with Gasteiger partial charge in [-0.3, -0.25) is 9.69 Å². The first-order valence-corrected chi connectivity index (χ1v) is 11.5.